The maximum absolute atomic E-state index is 6.28. The monoisotopic (exact) mass is 305 g/mol. The lowest BCUT2D eigenvalue weighted by atomic mass is 10.1. The predicted molar refractivity (Wildman–Crippen MR) is 86.3 cm³/mol. The van der Waals surface area contributed by atoms with Gasteiger partial charge in [0, 0.05) is 6.04 Å². The highest BCUT2D eigenvalue weighted by molar-refractivity contribution is 6.32. The lowest BCUT2D eigenvalue weighted by Crippen LogP contribution is -2.12. The number of hydrogen-bond donors (Lipinski definition) is 1. The van der Waals surface area contributed by atoms with Crippen LogP contribution in [0.15, 0.2) is 42.5 Å². The van der Waals surface area contributed by atoms with Crippen LogP contribution in [0, 0.1) is 0 Å². The topological polar surface area (TPSA) is 30.5 Å². The molecule has 2 aromatic carbocycles. The molecule has 0 aromatic heterocycles. The molecular formula is C17H20ClNO2. The number of nitrogens with one attached hydrogen (secondary N) is 1. The molecule has 2 aromatic rings. The summed E-state index contributed by atoms with van der Waals surface area (Å²) in [7, 11) is 3.57. The van der Waals surface area contributed by atoms with Crippen molar-refractivity contribution in [3.8, 4) is 11.5 Å². The normalized spacial score (nSPS) is 12.0. The first kappa shape index (κ1) is 15.7. The molecule has 0 spiro atoms. The summed E-state index contributed by atoms with van der Waals surface area (Å²) >= 11 is 6.28. The Morgan fingerprint density at radius 2 is 2.00 bits per heavy atom. The van der Waals surface area contributed by atoms with Gasteiger partial charge >= 0.3 is 0 Å². The van der Waals surface area contributed by atoms with Crippen LogP contribution in [0.4, 0.5) is 0 Å². The van der Waals surface area contributed by atoms with Crippen molar-refractivity contribution < 1.29 is 9.47 Å². The van der Waals surface area contributed by atoms with Gasteiger partial charge in [0.05, 0.1) is 12.1 Å². The van der Waals surface area contributed by atoms with E-state index in [0.717, 1.165) is 16.9 Å². The summed E-state index contributed by atoms with van der Waals surface area (Å²) in [5, 5.41) is 3.81. The van der Waals surface area contributed by atoms with E-state index in [4.69, 9.17) is 21.1 Å². The molecule has 1 N–H and O–H groups in total. The molecule has 1 atom stereocenters. The lowest BCUT2D eigenvalue weighted by molar-refractivity contribution is 0.305. The van der Waals surface area contributed by atoms with E-state index in [9.17, 15) is 0 Å². The summed E-state index contributed by atoms with van der Waals surface area (Å²) in [4.78, 5) is 0. The van der Waals surface area contributed by atoms with Gasteiger partial charge in [-0.05, 0) is 49.4 Å². The third-order valence-corrected chi connectivity index (χ3v) is 3.71. The van der Waals surface area contributed by atoms with E-state index in [-0.39, 0.29) is 6.04 Å². The first-order chi connectivity index (χ1) is 10.1. The summed E-state index contributed by atoms with van der Waals surface area (Å²) in [5.41, 5.74) is 2.18. The van der Waals surface area contributed by atoms with Gasteiger partial charge in [-0.15, -0.1) is 0 Å². The molecule has 0 aliphatic rings. The Kier molecular flexibility index (Phi) is 5.48. The van der Waals surface area contributed by atoms with Crippen LogP contribution in [-0.2, 0) is 6.61 Å². The van der Waals surface area contributed by atoms with E-state index < -0.39 is 0 Å². The van der Waals surface area contributed by atoms with E-state index in [2.05, 4.69) is 12.2 Å². The van der Waals surface area contributed by atoms with E-state index in [1.54, 1.807) is 7.11 Å². The highest BCUT2D eigenvalue weighted by atomic mass is 35.5. The second-order valence-electron chi connectivity index (χ2n) is 4.84. The van der Waals surface area contributed by atoms with Crippen LogP contribution in [-0.4, -0.2) is 14.2 Å². The van der Waals surface area contributed by atoms with Gasteiger partial charge in [0.2, 0.25) is 0 Å². The molecule has 0 saturated heterocycles. The molecule has 0 aliphatic heterocycles. The summed E-state index contributed by atoms with van der Waals surface area (Å²) in [6.07, 6.45) is 0. The van der Waals surface area contributed by atoms with Gasteiger partial charge in [-0.3, -0.25) is 0 Å². The third kappa shape index (κ3) is 4.13. The Hall–Kier alpha value is -1.71. The number of halogens is 1. The van der Waals surface area contributed by atoms with Crippen LogP contribution in [0.25, 0.3) is 0 Å². The number of ether oxygens (including phenoxy) is 2. The molecule has 112 valence electrons. The second kappa shape index (κ2) is 7.34. The van der Waals surface area contributed by atoms with E-state index in [1.807, 2.05) is 49.5 Å². The Morgan fingerprint density at radius 3 is 2.67 bits per heavy atom. The van der Waals surface area contributed by atoms with Crippen molar-refractivity contribution in [3.63, 3.8) is 0 Å². The largest absolute Gasteiger partial charge is 0.497 e. The fourth-order valence-corrected chi connectivity index (χ4v) is 2.24. The average Bonchev–Trinajstić information content (AvgIpc) is 2.53. The van der Waals surface area contributed by atoms with E-state index >= 15 is 0 Å². The quantitative estimate of drug-likeness (QED) is 0.867. The van der Waals surface area contributed by atoms with Crippen molar-refractivity contribution in [2.24, 2.45) is 0 Å². The Bertz CT molecular complexity index is 601. The van der Waals surface area contributed by atoms with Gasteiger partial charge in [-0.25, -0.2) is 0 Å². The van der Waals surface area contributed by atoms with Crippen LogP contribution in [0.5, 0.6) is 11.5 Å². The fraction of sp³-hybridized carbons (Fsp3) is 0.294. The minimum absolute atomic E-state index is 0.259. The zero-order valence-corrected chi connectivity index (χ0v) is 13.3. The molecule has 0 amide bonds. The summed E-state index contributed by atoms with van der Waals surface area (Å²) in [6, 6.07) is 13.9. The SMILES string of the molecule is CNC(C)c1ccc(OCc2cccc(OC)c2)c(Cl)c1. The highest BCUT2D eigenvalue weighted by Gasteiger charge is 2.08. The molecule has 21 heavy (non-hydrogen) atoms. The molecule has 3 nitrogen and oxygen atoms in total. The summed E-state index contributed by atoms with van der Waals surface area (Å²) < 4.78 is 11.0. The second-order valence-corrected chi connectivity index (χ2v) is 5.25. The van der Waals surface area contributed by atoms with Gasteiger partial charge < -0.3 is 14.8 Å². The van der Waals surface area contributed by atoms with Gasteiger partial charge in [0.25, 0.3) is 0 Å². The molecule has 0 radical (unpaired) electrons. The van der Waals surface area contributed by atoms with Crippen molar-refractivity contribution >= 4 is 11.6 Å². The predicted octanol–water partition coefficient (Wildman–Crippen LogP) is 4.21. The number of rotatable bonds is 6. The van der Waals surface area contributed by atoms with Crippen LogP contribution >= 0.6 is 11.6 Å². The zero-order valence-electron chi connectivity index (χ0n) is 12.5. The van der Waals surface area contributed by atoms with Crippen molar-refractivity contribution in [2.75, 3.05) is 14.2 Å². The molecular weight excluding hydrogens is 286 g/mol. The molecule has 0 saturated carbocycles. The van der Waals surface area contributed by atoms with E-state index in [0.29, 0.717) is 17.4 Å². The van der Waals surface area contributed by atoms with Gasteiger partial charge in [-0.2, -0.15) is 0 Å². The smallest absolute Gasteiger partial charge is 0.138 e. The van der Waals surface area contributed by atoms with E-state index in [1.165, 1.54) is 0 Å². The minimum atomic E-state index is 0.259. The fourth-order valence-electron chi connectivity index (χ4n) is 1.99. The molecule has 1 unspecified atom stereocenters. The van der Waals surface area contributed by atoms with Crippen molar-refractivity contribution in [1.82, 2.24) is 5.32 Å². The average molecular weight is 306 g/mol. The first-order valence-electron chi connectivity index (χ1n) is 6.86. The molecule has 0 fully saturated rings. The maximum atomic E-state index is 6.28. The Labute approximate surface area is 130 Å². The van der Waals surface area contributed by atoms with Crippen molar-refractivity contribution in [1.29, 1.82) is 0 Å². The van der Waals surface area contributed by atoms with Crippen molar-refractivity contribution in [2.45, 2.75) is 19.6 Å². The molecule has 2 rings (SSSR count). The Balaban J connectivity index is 2.06. The standard InChI is InChI=1S/C17H20ClNO2/c1-12(19-2)14-7-8-17(16(18)10-14)21-11-13-5-4-6-15(9-13)20-3/h4-10,12,19H,11H2,1-3H3. The molecule has 0 bridgehead atoms. The lowest BCUT2D eigenvalue weighted by Gasteiger charge is -2.13. The van der Waals surface area contributed by atoms with Crippen LogP contribution < -0.4 is 14.8 Å². The Morgan fingerprint density at radius 1 is 1.19 bits per heavy atom. The number of methoxy groups -OCH3 is 1. The van der Waals surface area contributed by atoms with Gasteiger partial charge in [0.1, 0.15) is 18.1 Å². The number of benzene rings is 2. The third-order valence-electron chi connectivity index (χ3n) is 3.42. The van der Waals surface area contributed by atoms with Gasteiger partial charge in [0.15, 0.2) is 0 Å². The molecule has 4 heteroatoms. The highest BCUT2D eigenvalue weighted by Crippen LogP contribution is 2.28. The summed E-state index contributed by atoms with van der Waals surface area (Å²) in [5.74, 6) is 1.51. The van der Waals surface area contributed by atoms with Crippen LogP contribution in [0.3, 0.4) is 0 Å². The maximum Gasteiger partial charge on any atom is 0.138 e. The van der Waals surface area contributed by atoms with Crippen LogP contribution in [0.1, 0.15) is 24.1 Å². The summed E-state index contributed by atoms with van der Waals surface area (Å²) in [6.45, 7) is 2.54. The molecule has 0 heterocycles. The zero-order chi connectivity index (χ0) is 15.2. The first-order valence-corrected chi connectivity index (χ1v) is 7.24. The molecule has 0 aliphatic carbocycles. The number of hydrogen-bond acceptors (Lipinski definition) is 3. The van der Waals surface area contributed by atoms with Crippen molar-refractivity contribution in [3.05, 3.63) is 58.6 Å². The minimum Gasteiger partial charge on any atom is -0.497 e. The van der Waals surface area contributed by atoms with Crippen LogP contribution in [0.2, 0.25) is 5.02 Å². The van der Waals surface area contributed by atoms with Gasteiger partial charge in [-0.1, -0.05) is 29.8 Å².